The maximum atomic E-state index is 12.8. The summed E-state index contributed by atoms with van der Waals surface area (Å²) in [6.45, 7) is 0. The molecule has 1 amide bonds. The molecule has 0 fully saturated rings. The quantitative estimate of drug-likeness (QED) is 0.457. The SMILES string of the molecule is O=C(NNS(=O)(=O)c1cnc(Cl)c(Cl)c1)C(c1ccccc1)c1ccccc1. The van der Waals surface area contributed by atoms with Gasteiger partial charge in [0, 0.05) is 6.20 Å². The zero-order valence-corrected chi connectivity index (χ0v) is 16.7. The Morgan fingerprint density at radius 2 is 1.46 bits per heavy atom. The van der Waals surface area contributed by atoms with Crippen LogP contribution in [0, 0.1) is 0 Å². The highest BCUT2D eigenvalue weighted by atomic mass is 35.5. The van der Waals surface area contributed by atoms with Crippen molar-refractivity contribution in [1.82, 2.24) is 15.2 Å². The number of hydrogen-bond acceptors (Lipinski definition) is 4. The average Bonchev–Trinajstić information content (AvgIpc) is 2.70. The summed E-state index contributed by atoms with van der Waals surface area (Å²) in [4.78, 5) is 18.4. The minimum Gasteiger partial charge on any atom is -0.277 e. The first kappa shape index (κ1) is 20.3. The van der Waals surface area contributed by atoms with E-state index in [9.17, 15) is 13.2 Å². The van der Waals surface area contributed by atoms with E-state index in [0.717, 1.165) is 23.4 Å². The second-order valence-corrected chi connectivity index (χ2v) is 8.24. The minimum atomic E-state index is -4.08. The van der Waals surface area contributed by atoms with E-state index in [4.69, 9.17) is 23.2 Å². The first-order chi connectivity index (χ1) is 13.4. The van der Waals surface area contributed by atoms with Crippen LogP contribution in [0.15, 0.2) is 77.8 Å². The molecule has 1 heterocycles. The van der Waals surface area contributed by atoms with Crippen LogP contribution in [0.4, 0.5) is 0 Å². The van der Waals surface area contributed by atoms with Crippen molar-refractivity contribution in [2.24, 2.45) is 0 Å². The molecule has 2 N–H and O–H groups in total. The van der Waals surface area contributed by atoms with E-state index in [2.05, 4.69) is 15.2 Å². The Bertz CT molecular complexity index is 1040. The van der Waals surface area contributed by atoms with Crippen molar-refractivity contribution in [1.29, 1.82) is 0 Å². The molecule has 0 saturated carbocycles. The Morgan fingerprint density at radius 3 is 1.96 bits per heavy atom. The van der Waals surface area contributed by atoms with Gasteiger partial charge in [0.25, 0.3) is 10.0 Å². The summed E-state index contributed by atoms with van der Waals surface area (Å²) in [5, 5.41) is -0.0276. The van der Waals surface area contributed by atoms with E-state index < -0.39 is 21.8 Å². The van der Waals surface area contributed by atoms with Crippen LogP contribution in [0.1, 0.15) is 17.0 Å². The molecular weight excluding hydrogens is 421 g/mol. The highest BCUT2D eigenvalue weighted by molar-refractivity contribution is 7.89. The lowest BCUT2D eigenvalue weighted by molar-refractivity contribution is -0.122. The molecule has 6 nitrogen and oxygen atoms in total. The molecule has 0 saturated heterocycles. The number of nitrogens with zero attached hydrogens (tertiary/aromatic N) is 1. The predicted octanol–water partition coefficient (Wildman–Crippen LogP) is 3.53. The van der Waals surface area contributed by atoms with E-state index in [1.54, 1.807) is 24.3 Å². The van der Waals surface area contributed by atoms with Crippen molar-refractivity contribution in [3.05, 3.63) is 94.2 Å². The number of aromatic nitrogens is 1. The third kappa shape index (κ3) is 4.69. The largest absolute Gasteiger partial charge is 0.277 e. The molecule has 0 bridgehead atoms. The van der Waals surface area contributed by atoms with E-state index in [0.29, 0.717) is 0 Å². The average molecular weight is 436 g/mol. The maximum Gasteiger partial charge on any atom is 0.258 e. The normalized spacial score (nSPS) is 11.4. The van der Waals surface area contributed by atoms with Gasteiger partial charge in [0.1, 0.15) is 10.0 Å². The molecule has 0 unspecified atom stereocenters. The summed E-state index contributed by atoms with van der Waals surface area (Å²) in [7, 11) is -4.08. The molecule has 28 heavy (non-hydrogen) atoms. The van der Waals surface area contributed by atoms with Gasteiger partial charge < -0.3 is 0 Å². The van der Waals surface area contributed by atoms with Gasteiger partial charge in [-0.3, -0.25) is 10.2 Å². The monoisotopic (exact) mass is 435 g/mol. The van der Waals surface area contributed by atoms with Gasteiger partial charge in [-0.05, 0) is 17.2 Å². The molecule has 0 aliphatic rings. The van der Waals surface area contributed by atoms with Crippen molar-refractivity contribution in [2.45, 2.75) is 10.8 Å². The Morgan fingerprint density at radius 1 is 0.929 bits per heavy atom. The third-order valence-electron chi connectivity index (χ3n) is 3.92. The fraction of sp³-hybridized carbons (Fsp3) is 0.0526. The van der Waals surface area contributed by atoms with Gasteiger partial charge in [-0.25, -0.2) is 13.4 Å². The molecule has 0 atom stereocenters. The lowest BCUT2D eigenvalue weighted by Crippen LogP contribution is -2.44. The standard InChI is InChI=1S/C19H15Cl2N3O3S/c20-16-11-15(12-22-18(16)21)28(26,27)24-23-19(25)17(13-7-3-1-4-8-13)14-9-5-2-6-10-14/h1-12,17,24H,(H,23,25). The van der Waals surface area contributed by atoms with Crippen molar-refractivity contribution < 1.29 is 13.2 Å². The van der Waals surface area contributed by atoms with Crippen LogP contribution in [0.2, 0.25) is 10.2 Å². The second kappa shape index (κ2) is 8.70. The van der Waals surface area contributed by atoms with Gasteiger partial charge >= 0.3 is 0 Å². The van der Waals surface area contributed by atoms with Gasteiger partial charge in [-0.15, -0.1) is 4.83 Å². The van der Waals surface area contributed by atoms with Crippen LogP contribution in [-0.4, -0.2) is 19.3 Å². The lowest BCUT2D eigenvalue weighted by Gasteiger charge is -2.18. The Balaban J connectivity index is 1.83. The van der Waals surface area contributed by atoms with Gasteiger partial charge in [-0.1, -0.05) is 83.9 Å². The number of hydrogen-bond donors (Lipinski definition) is 2. The molecule has 0 aliphatic heterocycles. The van der Waals surface area contributed by atoms with Gasteiger partial charge in [-0.2, -0.15) is 0 Å². The molecule has 3 aromatic rings. The number of carbonyl (C=O) groups excluding carboxylic acids is 1. The minimum absolute atomic E-state index is 0.0117. The number of amides is 1. The number of carbonyl (C=O) groups is 1. The number of hydrazine groups is 1. The molecule has 2 aromatic carbocycles. The highest BCUT2D eigenvalue weighted by Crippen LogP contribution is 2.25. The Hall–Kier alpha value is -2.45. The molecule has 3 rings (SSSR count). The predicted molar refractivity (Wildman–Crippen MR) is 107 cm³/mol. The number of benzene rings is 2. The van der Waals surface area contributed by atoms with Crippen LogP contribution in [0.5, 0.6) is 0 Å². The van der Waals surface area contributed by atoms with Crippen LogP contribution in [0.3, 0.4) is 0 Å². The Kier molecular flexibility index (Phi) is 6.31. The van der Waals surface area contributed by atoms with Crippen molar-refractivity contribution in [3.63, 3.8) is 0 Å². The first-order valence-corrected chi connectivity index (χ1v) is 10.3. The number of sulfonamides is 1. The fourth-order valence-electron chi connectivity index (χ4n) is 2.59. The van der Waals surface area contributed by atoms with Crippen molar-refractivity contribution in [2.75, 3.05) is 0 Å². The lowest BCUT2D eigenvalue weighted by atomic mass is 9.91. The van der Waals surface area contributed by atoms with E-state index in [1.807, 2.05) is 36.4 Å². The topological polar surface area (TPSA) is 88.2 Å². The van der Waals surface area contributed by atoms with Gasteiger partial charge in [0.15, 0.2) is 0 Å². The zero-order chi connectivity index (χ0) is 20.1. The van der Waals surface area contributed by atoms with Crippen molar-refractivity contribution >= 4 is 39.1 Å². The molecule has 0 radical (unpaired) electrons. The van der Waals surface area contributed by atoms with Gasteiger partial charge in [0.2, 0.25) is 5.91 Å². The van der Waals surface area contributed by atoms with Crippen molar-refractivity contribution in [3.8, 4) is 0 Å². The Labute approximate surface area is 172 Å². The zero-order valence-electron chi connectivity index (χ0n) is 14.3. The van der Waals surface area contributed by atoms with Crippen LogP contribution >= 0.6 is 23.2 Å². The molecule has 144 valence electrons. The smallest absolute Gasteiger partial charge is 0.258 e. The summed E-state index contributed by atoms with van der Waals surface area (Å²) < 4.78 is 24.9. The second-order valence-electron chi connectivity index (χ2n) is 5.79. The highest BCUT2D eigenvalue weighted by Gasteiger charge is 2.24. The number of rotatable bonds is 6. The summed E-state index contributed by atoms with van der Waals surface area (Å²) >= 11 is 11.5. The van der Waals surface area contributed by atoms with Crippen LogP contribution < -0.4 is 10.3 Å². The van der Waals surface area contributed by atoms with Crippen LogP contribution in [0.25, 0.3) is 0 Å². The number of pyridine rings is 1. The van der Waals surface area contributed by atoms with E-state index >= 15 is 0 Å². The molecule has 1 aromatic heterocycles. The summed E-state index contributed by atoms with van der Waals surface area (Å²) in [5.41, 5.74) is 3.72. The first-order valence-electron chi connectivity index (χ1n) is 8.11. The molecule has 0 spiro atoms. The fourth-order valence-corrected chi connectivity index (χ4v) is 3.74. The summed E-state index contributed by atoms with van der Waals surface area (Å²) in [5.74, 6) is -1.23. The van der Waals surface area contributed by atoms with E-state index in [-0.39, 0.29) is 15.1 Å². The number of nitrogens with one attached hydrogen (secondary N) is 2. The summed E-state index contributed by atoms with van der Waals surface area (Å²) in [6, 6.07) is 19.3. The summed E-state index contributed by atoms with van der Waals surface area (Å²) in [6.07, 6.45) is 1.05. The van der Waals surface area contributed by atoms with Gasteiger partial charge in [0.05, 0.1) is 10.9 Å². The van der Waals surface area contributed by atoms with E-state index in [1.165, 1.54) is 0 Å². The molecular formula is C19H15Cl2N3O3S. The maximum absolute atomic E-state index is 12.8. The molecule has 9 heteroatoms. The third-order valence-corrected chi connectivity index (χ3v) is 5.82. The number of halogens is 2. The molecule has 0 aliphatic carbocycles. The van der Waals surface area contributed by atoms with Crippen LogP contribution in [-0.2, 0) is 14.8 Å².